The third-order valence-electron chi connectivity index (χ3n) is 5.25. The van der Waals surface area contributed by atoms with E-state index in [0.717, 1.165) is 0 Å². The van der Waals surface area contributed by atoms with E-state index in [1.54, 1.807) is 17.3 Å². The van der Waals surface area contributed by atoms with Crippen LogP contribution in [0.3, 0.4) is 0 Å². The summed E-state index contributed by atoms with van der Waals surface area (Å²) in [5, 5.41) is 3.83. The van der Waals surface area contributed by atoms with Crippen LogP contribution < -0.4 is 0 Å². The first kappa shape index (κ1) is 16.0. The zero-order valence-corrected chi connectivity index (χ0v) is 14.5. The fraction of sp³-hybridized carbons (Fsp3) is 0.812. The molecule has 0 N–H and O–H groups in total. The lowest BCUT2D eigenvalue weighted by Crippen LogP contribution is -2.68. The van der Waals surface area contributed by atoms with Gasteiger partial charge in [-0.2, -0.15) is 4.31 Å². The summed E-state index contributed by atoms with van der Waals surface area (Å²) in [5.41, 5.74) is 0.726. The number of aromatic nitrogens is 1. The molecule has 1 saturated carbocycles. The second-order valence-electron chi connectivity index (χ2n) is 7.34. The first-order valence-electron chi connectivity index (χ1n) is 8.26. The van der Waals surface area contributed by atoms with Crippen molar-refractivity contribution in [1.82, 2.24) is 9.46 Å². The summed E-state index contributed by atoms with van der Waals surface area (Å²) in [6.45, 7) is 6.75. The molecule has 0 amide bonds. The molecule has 6 heteroatoms. The van der Waals surface area contributed by atoms with Gasteiger partial charge in [0.1, 0.15) is 17.2 Å². The van der Waals surface area contributed by atoms with Crippen molar-refractivity contribution in [2.75, 3.05) is 6.54 Å². The number of nitrogens with zero attached hydrogens (tertiary/aromatic N) is 2. The molecule has 1 saturated heterocycles. The van der Waals surface area contributed by atoms with Crippen LogP contribution in [-0.2, 0) is 15.8 Å². The van der Waals surface area contributed by atoms with Gasteiger partial charge in [0.2, 0.25) is 10.0 Å². The van der Waals surface area contributed by atoms with Crippen LogP contribution in [-0.4, -0.2) is 30.5 Å². The van der Waals surface area contributed by atoms with Crippen LogP contribution in [0, 0.1) is 18.3 Å². The molecule has 1 aromatic rings. The Balaban J connectivity index is 1.79. The minimum atomic E-state index is -3.32. The Labute approximate surface area is 133 Å². The van der Waals surface area contributed by atoms with E-state index in [1.165, 1.54) is 32.1 Å². The first-order valence-corrected chi connectivity index (χ1v) is 9.87. The number of hydrogen-bond acceptors (Lipinski definition) is 4. The largest absolute Gasteiger partial charge is 0.361 e. The average molecular weight is 326 g/mol. The quantitative estimate of drug-likeness (QED) is 0.853. The summed E-state index contributed by atoms with van der Waals surface area (Å²) in [6, 6.07) is 1.85. The van der Waals surface area contributed by atoms with E-state index < -0.39 is 10.0 Å². The lowest BCUT2D eigenvalue weighted by molar-refractivity contribution is -0.0653. The van der Waals surface area contributed by atoms with Gasteiger partial charge in [0, 0.05) is 24.1 Å². The van der Waals surface area contributed by atoms with Gasteiger partial charge in [-0.25, -0.2) is 8.42 Å². The molecular formula is C16H26N2O3S. The Kier molecular flexibility index (Phi) is 4.10. The van der Waals surface area contributed by atoms with Crippen molar-refractivity contribution >= 4 is 10.0 Å². The number of hydrogen-bond donors (Lipinski definition) is 0. The van der Waals surface area contributed by atoms with Crippen LogP contribution in [0.25, 0.3) is 0 Å². The van der Waals surface area contributed by atoms with Crippen molar-refractivity contribution in [2.24, 2.45) is 11.3 Å². The number of sulfonamides is 1. The van der Waals surface area contributed by atoms with Crippen LogP contribution in [0.2, 0.25) is 0 Å². The van der Waals surface area contributed by atoms with Gasteiger partial charge in [0.05, 0.1) is 0 Å². The molecule has 2 fully saturated rings. The Bertz CT molecular complexity index is 630. The molecule has 124 valence electrons. The predicted molar refractivity (Wildman–Crippen MR) is 84.7 cm³/mol. The molecule has 0 radical (unpaired) electrons. The summed E-state index contributed by atoms with van der Waals surface area (Å²) in [7, 11) is -3.32. The Hall–Kier alpha value is -0.880. The Morgan fingerprint density at radius 2 is 2.05 bits per heavy atom. The predicted octanol–water partition coefficient (Wildman–Crippen LogP) is 3.10. The number of rotatable bonds is 4. The highest BCUT2D eigenvalue weighted by molar-refractivity contribution is 7.88. The zero-order valence-electron chi connectivity index (χ0n) is 13.7. The molecule has 3 rings (SSSR count). The summed E-state index contributed by atoms with van der Waals surface area (Å²) in [4.78, 5) is 0. The molecule has 1 atom stereocenters. The van der Waals surface area contributed by atoms with Crippen LogP contribution >= 0.6 is 0 Å². The van der Waals surface area contributed by atoms with Gasteiger partial charge in [-0.05, 0) is 25.7 Å². The summed E-state index contributed by atoms with van der Waals surface area (Å²) in [5.74, 6) is 0.947. The van der Waals surface area contributed by atoms with E-state index in [9.17, 15) is 8.42 Å². The Morgan fingerprint density at radius 1 is 1.36 bits per heavy atom. The molecule has 2 aliphatic rings. The molecule has 0 aromatic carbocycles. The highest BCUT2D eigenvalue weighted by Gasteiger charge is 2.57. The lowest BCUT2D eigenvalue weighted by Gasteiger charge is -2.60. The van der Waals surface area contributed by atoms with Crippen LogP contribution in [0.1, 0.15) is 57.4 Å². The van der Waals surface area contributed by atoms with E-state index >= 15 is 0 Å². The van der Waals surface area contributed by atoms with Crippen molar-refractivity contribution in [1.29, 1.82) is 0 Å². The van der Waals surface area contributed by atoms with Crippen molar-refractivity contribution < 1.29 is 12.9 Å². The van der Waals surface area contributed by atoms with Gasteiger partial charge in [0.15, 0.2) is 0 Å². The average Bonchev–Trinajstić information content (AvgIpc) is 2.81. The lowest BCUT2D eigenvalue weighted by atomic mass is 9.61. The van der Waals surface area contributed by atoms with Gasteiger partial charge >= 0.3 is 0 Å². The third kappa shape index (κ3) is 2.71. The van der Waals surface area contributed by atoms with Gasteiger partial charge in [-0.1, -0.05) is 38.3 Å². The third-order valence-corrected chi connectivity index (χ3v) is 6.98. The highest BCUT2D eigenvalue weighted by Crippen LogP contribution is 2.52. The van der Waals surface area contributed by atoms with Crippen LogP contribution in [0.4, 0.5) is 0 Å². The molecule has 1 aromatic heterocycles. The monoisotopic (exact) mass is 326 g/mol. The van der Waals surface area contributed by atoms with Crippen LogP contribution in [0.15, 0.2) is 10.6 Å². The minimum absolute atomic E-state index is 0.0519. The van der Waals surface area contributed by atoms with Crippen LogP contribution in [0.5, 0.6) is 0 Å². The highest BCUT2D eigenvalue weighted by atomic mass is 32.2. The maximum atomic E-state index is 12.8. The van der Waals surface area contributed by atoms with Crippen molar-refractivity contribution in [3.63, 3.8) is 0 Å². The fourth-order valence-corrected chi connectivity index (χ4v) is 6.41. The van der Waals surface area contributed by atoms with Crippen molar-refractivity contribution in [3.8, 4) is 0 Å². The smallest absolute Gasteiger partial charge is 0.220 e. The first-order chi connectivity index (χ1) is 10.3. The van der Waals surface area contributed by atoms with Gasteiger partial charge in [-0.15, -0.1) is 0 Å². The van der Waals surface area contributed by atoms with Crippen molar-refractivity contribution in [2.45, 2.75) is 64.7 Å². The molecule has 1 aliphatic heterocycles. The number of aryl methyl sites for hydroxylation is 1. The van der Waals surface area contributed by atoms with Gasteiger partial charge in [-0.3, -0.25) is 0 Å². The standard InChI is InChI=1S/C16H26N2O3S/c1-12(2)15-16(7-5-4-6-8-16)11-18(15)22(19,20)10-14-9-13(3)21-17-14/h9,12,15H,4-8,10-11H2,1-3H3. The fourth-order valence-electron chi connectivity index (χ4n) is 4.47. The summed E-state index contributed by atoms with van der Waals surface area (Å²) < 4.78 is 32.3. The van der Waals surface area contributed by atoms with Crippen molar-refractivity contribution in [3.05, 3.63) is 17.5 Å². The van der Waals surface area contributed by atoms with E-state index in [2.05, 4.69) is 19.0 Å². The molecule has 1 spiro atoms. The molecule has 1 aliphatic carbocycles. The Morgan fingerprint density at radius 3 is 2.59 bits per heavy atom. The van der Waals surface area contributed by atoms with Gasteiger partial charge in [0.25, 0.3) is 0 Å². The SMILES string of the molecule is Cc1cc(CS(=O)(=O)N2CC3(CCCCC3)C2C(C)C)no1. The molecule has 2 heterocycles. The molecule has 5 nitrogen and oxygen atoms in total. The van der Waals surface area contributed by atoms with E-state index in [4.69, 9.17) is 4.52 Å². The second kappa shape index (κ2) is 5.64. The maximum Gasteiger partial charge on any atom is 0.220 e. The van der Waals surface area contributed by atoms with Gasteiger partial charge < -0.3 is 4.52 Å². The second-order valence-corrected chi connectivity index (χ2v) is 9.26. The maximum absolute atomic E-state index is 12.8. The molecule has 22 heavy (non-hydrogen) atoms. The minimum Gasteiger partial charge on any atom is -0.361 e. The normalized spacial score (nSPS) is 25.5. The molecule has 1 unspecified atom stereocenters. The van der Waals surface area contributed by atoms with E-state index in [-0.39, 0.29) is 17.2 Å². The molecular weight excluding hydrogens is 300 g/mol. The van der Waals surface area contributed by atoms with E-state index in [1.807, 2.05) is 0 Å². The summed E-state index contributed by atoms with van der Waals surface area (Å²) in [6.07, 6.45) is 6.10. The molecule has 0 bridgehead atoms. The zero-order chi connectivity index (χ0) is 16.0. The van der Waals surface area contributed by atoms with E-state index in [0.29, 0.717) is 23.9 Å². The topological polar surface area (TPSA) is 63.4 Å². The summed E-state index contributed by atoms with van der Waals surface area (Å²) >= 11 is 0.